The van der Waals surface area contributed by atoms with Gasteiger partial charge in [-0.25, -0.2) is 8.42 Å². The lowest BCUT2D eigenvalue weighted by Crippen LogP contribution is -2.49. The summed E-state index contributed by atoms with van der Waals surface area (Å²) >= 11 is 0. The SMILES string of the molecule is CCNC(=O)C(C)(C)CN=C(NCC)NC1CCN(CCS(C)(=O)=O)CC1.I. The number of nitrogens with zero attached hydrogens (tertiary/aromatic N) is 2. The highest BCUT2D eigenvalue weighted by atomic mass is 127. The largest absolute Gasteiger partial charge is 0.357 e. The van der Waals surface area contributed by atoms with Gasteiger partial charge < -0.3 is 20.9 Å². The van der Waals surface area contributed by atoms with Crippen molar-refractivity contribution in [2.45, 2.75) is 46.6 Å². The molecule has 28 heavy (non-hydrogen) atoms. The summed E-state index contributed by atoms with van der Waals surface area (Å²) in [4.78, 5) is 18.9. The van der Waals surface area contributed by atoms with Gasteiger partial charge >= 0.3 is 0 Å². The fraction of sp³-hybridized carbons (Fsp3) is 0.889. The molecule has 1 saturated heterocycles. The van der Waals surface area contributed by atoms with E-state index in [9.17, 15) is 13.2 Å². The smallest absolute Gasteiger partial charge is 0.227 e. The van der Waals surface area contributed by atoms with Crippen molar-refractivity contribution in [3.63, 3.8) is 0 Å². The van der Waals surface area contributed by atoms with Crippen molar-refractivity contribution in [2.75, 3.05) is 51.3 Å². The van der Waals surface area contributed by atoms with Crippen molar-refractivity contribution in [3.05, 3.63) is 0 Å². The molecule has 1 heterocycles. The third-order valence-electron chi connectivity index (χ3n) is 4.64. The summed E-state index contributed by atoms with van der Waals surface area (Å²) in [7, 11) is -2.92. The van der Waals surface area contributed by atoms with E-state index in [1.807, 2.05) is 27.7 Å². The molecule has 0 aromatic rings. The number of halogens is 1. The van der Waals surface area contributed by atoms with E-state index in [0.29, 0.717) is 25.7 Å². The van der Waals surface area contributed by atoms with Gasteiger partial charge in [-0.1, -0.05) is 0 Å². The second-order valence-corrected chi connectivity index (χ2v) is 10.1. The van der Waals surface area contributed by atoms with E-state index >= 15 is 0 Å². The zero-order valence-corrected chi connectivity index (χ0v) is 21.0. The maximum Gasteiger partial charge on any atom is 0.227 e. The minimum absolute atomic E-state index is 0. The summed E-state index contributed by atoms with van der Waals surface area (Å²) in [6.07, 6.45) is 3.16. The fourth-order valence-electron chi connectivity index (χ4n) is 2.86. The number of likely N-dealkylation sites (tertiary alicyclic amines) is 1. The molecule has 8 nitrogen and oxygen atoms in total. The summed E-state index contributed by atoms with van der Waals surface area (Å²) in [5.74, 6) is 0.942. The number of piperidine rings is 1. The van der Waals surface area contributed by atoms with Gasteiger partial charge in [-0.05, 0) is 40.5 Å². The first-order valence-corrected chi connectivity index (χ1v) is 11.9. The zero-order valence-electron chi connectivity index (χ0n) is 17.9. The van der Waals surface area contributed by atoms with E-state index in [0.717, 1.165) is 38.4 Å². The number of carbonyl (C=O) groups excluding carboxylic acids is 1. The Labute approximate surface area is 187 Å². The minimum atomic E-state index is -2.92. The summed E-state index contributed by atoms with van der Waals surface area (Å²) in [6.45, 7) is 11.8. The van der Waals surface area contributed by atoms with Crippen LogP contribution in [-0.4, -0.2) is 82.5 Å². The molecule has 0 aromatic carbocycles. The number of guanidine groups is 1. The molecule has 3 N–H and O–H groups in total. The number of hydrogen-bond acceptors (Lipinski definition) is 5. The van der Waals surface area contributed by atoms with Gasteiger partial charge in [0.15, 0.2) is 5.96 Å². The van der Waals surface area contributed by atoms with Crippen LogP contribution >= 0.6 is 24.0 Å². The van der Waals surface area contributed by atoms with Gasteiger partial charge in [-0.3, -0.25) is 9.79 Å². The Bertz CT molecular complexity index is 602. The first-order chi connectivity index (χ1) is 12.6. The van der Waals surface area contributed by atoms with E-state index in [1.165, 1.54) is 6.26 Å². The van der Waals surface area contributed by atoms with E-state index in [-0.39, 0.29) is 35.6 Å². The standard InChI is InChI=1S/C18H37N5O3S.HI/c1-6-19-16(24)18(3,4)14-21-17(20-7-2)22-15-8-10-23(11-9-15)12-13-27(5,25)26;/h15H,6-14H2,1-5H3,(H,19,24)(H2,20,21,22);1H. The number of aliphatic imine (C=N–C) groups is 1. The monoisotopic (exact) mass is 531 g/mol. The molecule has 0 atom stereocenters. The molecule has 0 spiro atoms. The van der Waals surface area contributed by atoms with Gasteiger partial charge in [-0.2, -0.15) is 0 Å². The van der Waals surface area contributed by atoms with Gasteiger partial charge in [0.25, 0.3) is 0 Å². The van der Waals surface area contributed by atoms with Gasteiger partial charge in [0.05, 0.1) is 17.7 Å². The highest BCUT2D eigenvalue weighted by Crippen LogP contribution is 2.16. The normalized spacial score (nSPS) is 17.0. The first-order valence-electron chi connectivity index (χ1n) is 9.80. The van der Waals surface area contributed by atoms with Crippen LogP contribution in [0.3, 0.4) is 0 Å². The Morgan fingerprint density at radius 2 is 1.71 bits per heavy atom. The van der Waals surface area contributed by atoms with Gasteiger partial charge in [0.1, 0.15) is 9.84 Å². The lowest BCUT2D eigenvalue weighted by molar-refractivity contribution is -0.128. The number of rotatable bonds is 9. The van der Waals surface area contributed by atoms with Crippen molar-refractivity contribution in [1.29, 1.82) is 0 Å². The number of nitrogens with one attached hydrogen (secondary N) is 3. The maximum atomic E-state index is 12.1. The molecule has 0 saturated carbocycles. The summed E-state index contributed by atoms with van der Waals surface area (Å²) in [5.41, 5.74) is -0.562. The number of amides is 1. The van der Waals surface area contributed by atoms with Crippen LogP contribution in [0, 0.1) is 5.41 Å². The molecule has 166 valence electrons. The molecule has 0 aromatic heterocycles. The molecule has 1 aliphatic heterocycles. The molecule has 1 fully saturated rings. The molecular formula is C18H38IN5O3S. The Morgan fingerprint density at radius 3 is 2.21 bits per heavy atom. The average Bonchev–Trinajstić information content (AvgIpc) is 2.59. The van der Waals surface area contributed by atoms with Crippen LogP contribution in [0.15, 0.2) is 4.99 Å². The molecular weight excluding hydrogens is 493 g/mol. The van der Waals surface area contributed by atoms with Crippen molar-refractivity contribution < 1.29 is 13.2 Å². The quantitative estimate of drug-likeness (QED) is 0.232. The highest BCUT2D eigenvalue weighted by molar-refractivity contribution is 14.0. The zero-order chi connectivity index (χ0) is 20.5. The minimum Gasteiger partial charge on any atom is -0.357 e. The Kier molecular flexibility index (Phi) is 12.6. The summed E-state index contributed by atoms with van der Waals surface area (Å²) in [5, 5.41) is 9.55. The molecule has 0 aliphatic carbocycles. The number of sulfone groups is 1. The van der Waals surface area contributed by atoms with Crippen LogP contribution in [0.1, 0.15) is 40.5 Å². The summed E-state index contributed by atoms with van der Waals surface area (Å²) < 4.78 is 22.6. The maximum absolute atomic E-state index is 12.1. The molecule has 0 unspecified atom stereocenters. The predicted molar refractivity (Wildman–Crippen MR) is 126 cm³/mol. The second-order valence-electron chi connectivity index (χ2n) is 7.83. The van der Waals surface area contributed by atoms with E-state index in [2.05, 4.69) is 25.8 Å². The van der Waals surface area contributed by atoms with Crippen molar-refractivity contribution >= 4 is 45.7 Å². The lowest BCUT2D eigenvalue weighted by Gasteiger charge is -2.33. The van der Waals surface area contributed by atoms with Crippen molar-refractivity contribution in [3.8, 4) is 0 Å². The lowest BCUT2D eigenvalue weighted by atomic mass is 9.92. The molecule has 1 aliphatic rings. The van der Waals surface area contributed by atoms with E-state index in [1.54, 1.807) is 0 Å². The molecule has 0 bridgehead atoms. The third-order valence-corrected chi connectivity index (χ3v) is 5.56. The molecule has 1 rings (SSSR count). The Morgan fingerprint density at radius 1 is 1.14 bits per heavy atom. The Balaban J connectivity index is 0.00000729. The topological polar surface area (TPSA) is 103 Å². The molecule has 10 heteroatoms. The van der Waals surface area contributed by atoms with E-state index in [4.69, 9.17) is 0 Å². The first kappa shape index (κ1) is 27.4. The number of hydrogen-bond donors (Lipinski definition) is 3. The molecule has 1 amide bonds. The van der Waals surface area contributed by atoms with Crippen LogP contribution in [-0.2, 0) is 14.6 Å². The van der Waals surface area contributed by atoms with Gasteiger partial charge in [-0.15, -0.1) is 24.0 Å². The predicted octanol–water partition coefficient (Wildman–Crippen LogP) is 0.831. The third kappa shape index (κ3) is 10.8. The van der Waals surface area contributed by atoms with Crippen molar-refractivity contribution in [1.82, 2.24) is 20.9 Å². The van der Waals surface area contributed by atoms with Crippen molar-refractivity contribution in [2.24, 2.45) is 10.4 Å². The molecule has 0 radical (unpaired) electrons. The van der Waals surface area contributed by atoms with Crippen LogP contribution in [0.25, 0.3) is 0 Å². The summed E-state index contributed by atoms with van der Waals surface area (Å²) in [6, 6.07) is 0.296. The fourth-order valence-corrected chi connectivity index (χ4v) is 3.45. The Hall–Kier alpha value is -0.620. The van der Waals surface area contributed by atoms with Crippen LogP contribution < -0.4 is 16.0 Å². The highest BCUT2D eigenvalue weighted by Gasteiger charge is 2.27. The van der Waals surface area contributed by atoms with Crippen LogP contribution in [0.5, 0.6) is 0 Å². The van der Waals surface area contributed by atoms with Crippen LogP contribution in [0.2, 0.25) is 0 Å². The van der Waals surface area contributed by atoms with Gasteiger partial charge in [0.2, 0.25) is 5.91 Å². The van der Waals surface area contributed by atoms with E-state index < -0.39 is 15.3 Å². The van der Waals surface area contributed by atoms with Crippen LogP contribution in [0.4, 0.5) is 0 Å². The van der Waals surface area contributed by atoms with Gasteiger partial charge in [0, 0.05) is 45.0 Å². The average molecular weight is 532 g/mol. The number of carbonyl (C=O) groups is 1. The second kappa shape index (κ2) is 12.8.